The number of aryl methyl sites for hydroxylation is 1. The van der Waals surface area contributed by atoms with Crippen molar-refractivity contribution in [2.45, 2.75) is 12.8 Å². The fourth-order valence-corrected chi connectivity index (χ4v) is 2.71. The number of aromatic nitrogens is 1. The Morgan fingerprint density at radius 2 is 2.10 bits per heavy atom. The number of methoxy groups -OCH3 is 1. The van der Waals surface area contributed by atoms with E-state index in [1.807, 2.05) is 18.2 Å². The Hall–Kier alpha value is -1.59. The fraction of sp³-hybridized carbons (Fsp3) is 0.286. The number of ether oxygens (including phenoxy) is 2. The second kappa shape index (κ2) is 7.26. The van der Waals surface area contributed by atoms with Gasteiger partial charge in [0.15, 0.2) is 10.0 Å². The van der Waals surface area contributed by atoms with Crippen LogP contribution >= 0.6 is 22.9 Å². The van der Waals surface area contributed by atoms with E-state index in [1.165, 1.54) is 12.7 Å². The van der Waals surface area contributed by atoms with Crippen LogP contribution in [0.2, 0.25) is 5.15 Å². The number of carbonyl (C=O) groups is 1. The van der Waals surface area contributed by atoms with Gasteiger partial charge < -0.3 is 9.47 Å². The summed E-state index contributed by atoms with van der Waals surface area (Å²) in [7, 11) is 1.30. The van der Waals surface area contributed by atoms with Crippen molar-refractivity contribution < 1.29 is 14.3 Å². The number of halogens is 1. The van der Waals surface area contributed by atoms with Crippen molar-refractivity contribution in [1.29, 1.82) is 0 Å². The molecule has 0 atom stereocenters. The summed E-state index contributed by atoms with van der Waals surface area (Å²) < 4.78 is 10.1. The maximum absolute atomic E-state index is 11.4. The van der Waals surface area contributed by atoms with E-state index in [4.69, 9.17) is 16.3 Å². The van der Waals surface area contributed by atoms with Crippen molar-refractivity contribution in [1.82, 2.24) is 4.98 Å². The molecule has 2 aromatic rings. The molecule has 1 aromatic carbocycles. The minimum absolute atomic E-state index is 0.125. The fourth-order valence-electron chi connectivity index (χ4n) is 1.64. The lowest BCUT2D eigenvalue weighted by molar-refractivity contribution is 0.0606. The van der Waals surface area contributed by atoms with Gasteiger partial charge in [-0.1, -0.05) is 53.3 Å². The molecule has 0 spiro atoms. The number of rotatable bonds is 6. The van der Waals surface area contributed by atoms with Gasteiger partial charge in [-0.3, -0.25) is 0 Å². The van der Waals surface area contributed by atoms with Crippen LogP contribution in [0.1, 0.15) is 21.7 Å². The first-order valence-electron chi connectivity index (χ1n) is 6.12. The Morgan fingerprint density at radius 1 is 1.35 bits per heavy atom. The highest BCUT2D eigenvalue weighted by molar-refractivity contribution is 7.15. The number of esters is 1. The van der Waals surface area contributed by atoms with Crippen molar-refractivity contribution >= 4 is 28.9 Å². The van der Waals surface area contributed by atoms with E-state index in [2.05, 4.69) is 21.9 Å². The van der Waals surface area contributed by atoms with Crippen LogP contribution in [0.5, 0.6) is 5.19 Å². The van der Waals surface area contributed by atoms with Gasteiger partial charge in [0.2, 0.25) is 0 Å². The molecule has 20 heavy (non-hydrogen) atoms. The number of thiazole rings is 1. The summed E-state index contributed by atoms with van der Waals surface area (Å²) in [5, 5.41) is 0.517. The third-order valence-corrected chi connectivity index (χ3v) is 3.95. The van der Waals surface area contributed by atoms with Gasteiger partial charge in [-0.15, -0.1) is 0 Å². The van der Waals surface area contributed by atoms with Gasteiger partial charge in [-0.2, -0.15) is 4.98 Å². The third kappa shape index (κ3) is 3.95. The van der Waals surface area contributed by atoms with Gasteiger partial charge in [0.1, 0.15) is 0 Å². The van der Waals surface area contributed by atoms with E-state index < -0.39 is 5.97 Å². The van der Waals surface area contributed by atoms with Crippen LogP contribution in [-0.2, 0) is 11.2 Å². The van der Waals surface area contributed by atoms with Crippen LogP contribution < -0.4 is 4.74 Å². The molecule has 0 aliphatic rings. The van der Waals surface area contributed by atoms with E-state index in [-0.39, 0.29) is 10.0 Å². The molecule has 1 aromatic heterocycles. The first kappa shape index (κ1) is 14.8. The molecule has 6 heteroatoms. The lowest BCUT2D eigenvalue weighted by Crippen LogP contribution is -1.99. The van der Waals surface area contributed by atoms with Crippen molar-refractivity contribution in [2.75, 3.05) is 13.7 Å². The summed E-state index contributed by atoms with van der Waals surface area (Å²) in [5.41, 5.74) is 1.27. The Kier molecular flexibility index (Phi) is 5.38. The molecule has 0 aliphatic heterocycles. The highest BCUT2D eigenvalue weighted by Crippen LogP contribution is 2.29. The van der Waals surface area contributed by atoms with E-state index in [0.29, 0.717) is 11.8 Å². The minimum atomic E-state index is -0.494. The zero-order chi connectivity index (χ0) is 14.4. The Labute approximate surface area is 126 Å². The molecular formula is C14H14ClNO3S. The molecule has 0 amide bonds. The van der Waals surface area contributed by atoms with Gasteiger partial charge in [0.25, 0.3) is 5.19 Å². The van der Waals surface area contributed by atoms with E-state index >= 15 is 0 Å². The monoisotopic (exact) mass is 311 g/mol. The zero-order valence-electron chi connectivity index (χ0n) is 11.0. The highest BCUT2D eigenvalue weighted by Gasteiger charge is 2.17. The molecule has 0 fully saturated rings. The van der Waals surface area contributed by atoms with Crippen molar-refractivity contribution in [3.63, 3.8) is 0 Å². The zero-order valence-corrected chi connectivity index (χ0v) is 12.5. The topological polar surface area (TPSA) is 48.4 Å². The van der Waals surface area contributed by atoms with Gasteiger partial charge in [0, 0.05) is 0 Å². The molecule has 0 N–H and O–H groups in total. The van der Waals surface area contributed by atoms with Crippen LogP contribution in [-0.4, -0.2) is 24.7 Å². The smallest absolute Gasteiger partial charge is 0.351 e. The molecule has 0 bridgehead atoms. The maximum atomic E-state index is 11.4. The van der Waals surface area contributed by atoms with Crippen LogP contribution in [0.15, 0.2) is 30.3 Å². The lowest BCUT2D eigenvalue weighted by Gasteiger charge is -2.02. The molecule has 0 aliphatic carbocycles. The van der Waals surface area contributed by atoms with Crippen LogP contribution in [0.4, 0.5) is 0 Å². The number of hydrogen-bond acceptors (Lipinski definition) is 5. The molecule has 0 saturated heterocycles. The summed E-state index contributed by atoms with van der Waals surface area (Å²) in [5.74, 6) is -0.494. The van der Waals surface area contributed by atoms with E-state index in [1.54, 1.807) is 0 Å². The number of benzene rings is 1. The SMILES string of the molecule is COC(=O)c1sc(OCCCc2ccccc2)nc1Cl. The Bertz CT molecular complexity index is 571. The highest BCUT2D eigenvalue weighted by atomic mass is 35.5. The first-order chi connectivity index (χ1) is 9.70. The van der Waals surface area contributed by atoms with Crippen LogP contribution in [0.25, 0.3) is 0 Å². The molecule has 2 rings (SSSR count). The van der Waals surface area contributed by atoms with E-state index in [0.717, 1.165) is 24.2 Å². The number of hydrogen-bond donors (Lipinski definition) is 0. The average Bonchev–Trinajstić information content (AvgIpc) is 2.85. The molecule has 0 saturated carbocycles. The molecule has 4 nitrogen and oxygen atoms in total. The standard InChI is InChI=1S/C14H14ClNO3S/c1-18-13(17)11-12(15)16-14(20-11)19-9-5-8-10-6-3-2-4-7-10/h2-4,6-7H,5,8-9H2,1H3. The summed E-state index contributed by atoms with van der Waals surface area (Å²) in [6.45, 7) is 0.527. The van der Waals surface area contributed by atoms with Gasteiger partial charge >= 0.3 is 5.97 Å². The van der Waals surface area contributed by atoms with Crippen molar-refractivity contribution in [3.05, 3.63) is 45.9 Å². The van der Waals surface area contributed by atoms with Gasteiger partial charge in [-0.05, 0) is 18.4 Å². The largest absolute Gasteiger partial charge is 0.470 e. The van der Waals surface area contributed by atoms with Crippen molar-refractivity contribution in [2.24, 2.45) is 0 Å². The maximum Gasteiger partial charge on any atom is 0.351 e. The molecule has 1 heterocycles. The van der Waals surface area contributed by atoms with Crippen molar-refractivity contribution in [3.8, 4) is 5.19 Å². The molecule has 0 radical (unpaired) electrons. The summed E-state index contributed by atoms with van der Waals surface area (Å²) >= 11 is 6.94. The minimum Gasteiger partial charge on any atom is -0.470 e. The predicted octanol–water partition coefficient (Wildman–Crippen LogP) is 3.59. The van der Waals surface area contributed by atoms with Gasteiger partial charge in [-0.25, -0.2) is 4.79 Å². The van der Waals surface area contributed by atoms with Crippen LogP contribution in [0.3, 0.4) is 0 Å². The lowest BCUT2D eigenvalue weighted by atomic mass is 10.1. The second-order valence-electron chi connectivity index (χ2n) is 4.03. The predicted molar refractivity (Wildman–Crippen MR) is 78.7 cm³/mol. The third-order valence-electron chi connectivity index (χ3n) is 2.62. The van der Waals surface area contributed by atoms with Gasteiger partial charge in [0.05, 0.1) is 13.7 Å². The molecule has 106 valence electrons. The van der Waals surface area contributed by atoms with E-state index in [9.17, 15) is 4.79 Å². The second-order valence-corrected chi connectivity index (χ2v) is 5.35. The number of carbonyl (C=O) groups excluding carboxylic acids is 1. The molecule has 0 unspecified atom stereocenters. The quantitative estimate of drug-likeness (QED) is 0.604. The van der Waals surface area contributed by atoms with Crippen LogP contribution in [0, 0.1) is 0 Å². The summed E-state index contributed by atoms with van der Waals surface area (Å²) in [6.07, 6.45) is 1.80. The first-order valence-corrected chi connectivity index (χ1v) is 7.31. The summed E-state index contributed by atoms with van der Waals surface area (Å²) in [6, 6.07) is 10.2. The molecular weight excluding hydrogens is 298 g/mol. The Morgan fingerprint density at radius 3 is 2.80 bits per heavy atom. The normalized spacial score (nSPS) is 10.3. The summed E-state index contributed by atoms with van der Waals surface area (Å²) in [4.78, 5) is 15.6. The average molecular weight is 312 g/mol. The number of nitrogens with zero attached hydrogens (tertiary/aromatic N) is 1. The Balaban J connectivity index is 1.81.